The first kappa shape index (κ1) is 9.96. The number of aryl methyl sites for hydroxylation is 1. The van der Waals surface area contributed by atoms with E-state index >= 15 is 0 Å². The third-order valence-electron chi connectivity index (χ3n) is 2.55. The van der Waals surface area contributed by atoms with Crippen molar-refractivity contribution in [1.82, 2.24) is 4.98 Å². The molecule has 1 aromatic rings. The number of ether oxygens (including phenoxy) is 1. The predicted octanol–water partition coefficient (Wildman–Crippen LogP) is 1.46. The van der Waals surface area contributed by atoms with Gasteiger partial charge in [0.2, 0.25) is 5.88 Å². The smallest absolute Gasteiger partial charge is 0.224 e. The van der Waals surface area contributed by atoms with Gasteiger partial charge in [0.1, 0.15) is 5.84 Å². The van der Waals surface area contributed by atoms with Gasteiger partial charge in [-0.25, -0.2) is 4.98 Å². The summed E-state index contributed by atoms with van der Waals surface area (Å²) in [5, 5.41) is 7.48. The van der Waals surface area contributed by atoms with Gasteiger partial charge in [0, 0.05) is 6.20 Å². The first-order chi connectivity index (χ1) is 7.18. The summed E-state index contributed by atoms with van der Waals surface area (Å²) in [5.41, 5.74) is 7.06. The standard InChI is InChI=1S/C11H15N3O/c1-7-4-5-14-11(9(7)10(12)13)15-6-8-2-3-8/h4-5,8H,2-3,6H2,1H3,(H3,12,13). The van der Waals surface area contributed by atoms with Gasteiger partial charge in [-0.3, -0.25) is 5.41 Å². The molecule has 15 heavy (non-hydrogen) atoms. The fraction of sp³-hybridized carbons (Fsp3) is 0.455. The van der Waals surface area contributed by atoms with Crippen LogP contribution in [0.25, 0.3) is 0 Å². The highest BCUT2D eigenvalue weighted by atomic mass is 16.5. The Morgan fingerprint density at radius 2 is 2.40 bits per heavy atom. The topological polar surface area (TPSA) is 72.0 Å². The number of hydrogen-bond acceptors (Lipinski definition) is 3. The zero-order valence-corrected chi connectivity index (χ0v) is 8.79. The molecule has 0 spiro atoms. The lowest BCUT2D eigenvalue weighted by Crippen LogP contribution is -2.16. The Morgan fingerprint density at radius 1 is 1.67 bits per heavy atom. The number of amidine groups is 1. The molecule has 4 heteroatoms. The van der Waals surface area contributed by atoms with Crippen molar-refractivity contribution in [3.63, 3.8) is 0 Å². The number of hydrogen-bond donors (Lipinski definition) is 2. The molecule has 2 rings (SSSR count). The lowest BCUT2D eigenvalue weighted by molar-refractivity contribution is 0.287. The molecule has 0 aromatic carbocycles. The van der Waals surface area contributed by atoms with Gasteiger partial charge in [0.15, 0.2) is 0 Å². The van der Waals surface area contributed by atoms with Crippen molar-refractivity contribution in [2.75, 3.05) is 6.61 Å². The Morgan fingerprint density at radius 3 is 3.00 bits per heavy atom. The maximum atomic E-state index is 7.48. The van der Waals surface area contributed by atoms with Gasteiger partial charge in [-0.05, 0) is 37.3 Å². The average Bonchev–Trinajstić information content (AvgIpc) is 2.97. The summed E-state index contributed by atoms with van der Waals surface area (Å²) in [7, 11) is 0. The van der Waals surface area contributed by atoms with Gasteiger partial charge in [0.05, 0.1) is 12.2 Å². The molecule has 0 unspecified atom stereocenters. The minimum Gasteiger partial charge on any atom is -0.477 e. The van der Waals surface area contributed by atoms with Crippen LogP contribution in [-0.4, -0.2) is 17.4 Å². The van der Waals surface area contributed by atoms with Crippen LogP contribution in [0.4, 0.5) is 0 Å². The third kappa shape index (κ3) is 2.26. The number of aromatic nitrogens is 1. The van der Waals surface area contributed by atoms with Crippen LogP contribution in [-0.2, 0) is 0 Å². The van der Waals surface area contributed by atoms with Crippen LogP contribution in [0.3, 0.4) is 0 Å². The summed E-state index contributed by atoms with van der Waals surface area (Å²) in [6.45, 7) is 2.60. The Bertz CT molecular complexity index is 385. The van der Waals surface area contributed by atoms with E-state index < -0.39 is 0 Å². The minimum absolute atomic E-state index is 0.0198. The van der Waals surface area contributed by atoms with E-state index in [1.807, 2.05) is 13.0 Å². The molecule has 0 radical (unpaired) electrons. The summed E-state index contributed by atoms with van der Waals surface area (Å²) < 4.78 is 5.57. The number of nitrogens with zero attached hydrogens (tertiary/aromatic N) is 1. The number of rotatable bonds is 4. The SMILES string of the molecule is Cc1ccnc(OCC2CC2)c1C(=N)N. The predicted molar refractivity (Wildman–Crippen MR) is 58.2 cm³/mol. The number of nitrogen functional groups attached to an aromatic ring is 1. The van der Waals surface area contributed by atoms with Gasteiger partial charge in [-0.2, -0.15) is 0 Å². The number of nitrogens with two attached hydrogens (primary N) is 1. The summed E-state index contributed by atoms with van der Waals surface area (Å²) in [5.74, 6) is 1.19. The van der Waals surface area contributed by atoms with Crippen LogP contribution < -0.4 is 10.5 Å². The quantitative estimate of drug-likeness (QED) is 0.577. The average molecular weight is 205 g/mol. The molecule has 0 atom stereocenters. The molecule has 0 saturated heterocycles. The highest BCUT2D eigenvalue weighted by Crippen LogP contribution is 2.30. The molecule has 1 aromatic heterocycles. The molecule has 0 bridgehead atoms. The van der Waals surface area contributed by atoms with Crippen LogP contribution in [0, 0.1) is 18.3 Å². The van der Waals surface area contributed by atoms with Crippen LogP contribution in [0.15, 0.2) is 12.3 Å². The minimum atomic E-state index is 0.0198. The molecule has 1 heterocycles. The van der Waals surface area contributed by atoms with E-state index in [0.29, 0.717) is 24.0 Å². The van der Waals surface area contributed by atoms with Crippen molar-refractivity contribution in [3.8, 4) is 5.88 Å². The summed E-state index contributed by atoms with van der Waals surface area (Å²) in [4.78, 5) is 4.12. The van der Waals surface area contributed by atoms with E-state index in [1.54, 1.807) is 6.20 Å². The Kier molecular flexibility index (Phi) is 2.58. The van der Waals surface area contributed by atoms with E-state index in [-0.39, 0.29) is 5.84 Å². The van der Waals surface area contributed by atoms with Crippen molar-refractivity contribution in [2.45, 2.75) is 19.8 Å². The molecule has 3 N–H and O–H groups in total. The summed E-state index contributed by atoms with van der Waals surface area (Å²) >= 11 is 0. The van der Waals surface area contributed by atoms with E-state index in [9.17, 15) is 0 Å². The van der Waals surface area contributed by atoms with Crippen molar-refractivity contribution in [2.24, 2.45) is 11.7 Å². The van der Waals surface area contributed by atoms with E-state index in [4.69, 9.17) is 15.9 Å². The molecule has 1 saturated carbocycles. The van der Waals surface area contributed by atoms with Crippen LogP contribution in [0.1, 0.15) is 24.0 Å². The zero-order chi connectivity index (χ0) is 10.8. The van der Waals surface area contributed by atoms with E-state index in [0.717, 1.165) is 5.56 Å². The highest BCUT2D eigenvalue weighted by Gasteiger charge is 2.23. The maximum Gasteiger partial charge on any atom is 0.224 e. The van der Waals surface area contributed by atoms with Gasteiger partial charge < -0.3 is 10.5 Å². The van der Waals surface area contributed by atoms with Crippen molar-refractivity contribution in [1.29, 1.82) is 5.41 Å². The first-order valence-electron chi connectivity index (χ1n) is 5.11. The highest BCUT2D eigenvalue weighted by molar-refractivity contribution is 5.98. The fourth-order valence-corrected chi connectivity index (χ4v) is 1.45. The van der Waals surface area contributed by atoms with Gasteiger partial charge in [0.25, 0.3) is 0 Å². The van der Waals surface area contributed by atoms with Crippen LogP contribution >= 0.6 is 0 Å². The molecular formula is C11H15N3O. The Hall–Kier alpha value is -1.58. The Labute approximate surface area is 89.0 Å². The van der Waals surface area contributed by atoms with Crippen LogP contribution in [0.2, 0.25) is 0 Å². The van der Waals surface area contributed by atoms with Crippen LogP contribution in [0.5, 0.6) is 5.88 Å². The molecule has 80 valence electrons. The maximum absolute atomic E-state index is 7.48. The number of nitrogens with one attached hydrogen (secondary N) is 1. The summed E-state index contributed by atoms with van der Waals surface area (Å²) in [6, 6.07) is 1.83. The first-order valence-corrected chi connectivity index (χ1v) is 5.11. The van der Waals surface area contributed by atoms with E-state index in [1.165, 1.54) is 12.8 Å². The summed E-state index contributed by atoms with van der Waals surface area (Å²) in [6.07, 6.45) is 4.16. The monoisotopic (exact) mass is 205 g/mol. The molecule has 0 aliphatic heterocycles. The second kappa shape index (κ2) is 3.88. The second-order valence-electron chi connectivity index (χ2n) is 3.98. The third-order valence-corrected chi connectivity index (χ3v) is 2.55. The van der Waals surface area contributed by atoms with Gasteiger partial charge >= 0.3 is 0 Å². The molecule has 4 nitrogen and oxygen atoms in total. The molecular weight excluding hydrogens is 190 g/mol. The molecule has 1 aliphatic rings. The van der Waals surface area contributed by atoms with Gasteiger partial charge in [-0.1, -0.05) is 0 Å². The van der Waals surface area contributed by atoms with E-state index in [2.05, 4.69) is 4.98 Å². The fourth-order valence-electron chi connectivity index (χ4n) is 1.45. The molecule has 0 amide bonds. The van der Waals surface area contributed by atoms with Crippen molar-refractivity contribution >= 4 is 5.84 Å². The molecule has 1 aliphatic carbocycles. The van der Waals surface area contributed by atoms with Crippen molar-refractivity contribution in [3.05, 3.63) is 23.4 Å². The normalized spacial score (nSPS) is 15.0. The largest absolute Gasteiger partial charge is 0.477 e. The lowest BCUT2D eigenvalue weighted by atomic mass is 10.1. The molecule has 1 fully saturated rings. The zero-order valence-electron chi connectivity index (χ0n) is 8.79. The van der Waals surface area contributed by atoms with Crippen molar-refractivity contribution < 1.29 is 4.74 Å². The lowest BCUT2D eigenvalue weighted by Gasteiger charge is -2.10. The van der Waals surface area contributed by atoms with Gasteiger partial charge in [-0.15, -0.1) is 0 Å². The Balaban J connectivity index is 2.19. The number of pyridine rings is 1. The second-order valence-corrected chi connectivity index (χ2v) is 3.98.